The Kier molecular flexibility index (Phi) is 11.6. The van der Waals surface area contributed by atoms with Gasteiger partial charge in [0.25, 0.3) is 0 Å². The van der Waals surface area contributed by atoms with Crippen molar-refractivity contribution < 1.29 is 24.3 Å². The lowest BCUT2D eigenvalue weighted by molar-refractivity contribution is -0.134. The first-order valence-corrected chi connectivity index (χ1v) is 12.6. The Bertz CT molecular complexity index is 918. The highest BCUT2D eigenvalue weighted by Crippen LogP contribution is 2.14. The van der Waals surface area contributed by atoms with E-state index in [4.69, 9.17) is 5.11 Å². The molecule has 1 heterocycles. The van der Waals surface area contributed by atoms with E-state index in [1.807, 2.05) is 56.3 Å². The van der Waals surface area contributed by atoms with Crippen molar-refractivity contribution in [1.29, 1.82) is 0 Å². The summed E-state index contributed by atoms with van der Waals surface area (Å²) in [5, 5.41) is 20.2. The average Bonchev–Trinajstić information content (AvgIpc) is 2.85. The van der Waals surface area contributed by atoms with Gasteiger partial charge in [0.15, 0.2) is 0 Å². The summed E-state index contributed by atoms with van der Waals surface area (Å²) >= 11 is 0. The van der Waals surface area contributed by atoms with Crippen LogP contribution in [-0.2, 0) is 25.6 Å². The molecule has 1 aliphatic rings. The van der Waals surface area contributed by atoms with Crippen LogP contribution >= 0.6 is 0 Å². The van der Waals surface area contributed by atoms with Gasteiger partial charge in [-0.1, -0.05) is 63.3 Å². The van der Waals surface area contributed by atoms with Crippen molar-refractivity contribution in [2.45, 2.75) is 77.5 Å². The number of unbranched alkanes of at least 4 members (excludes halogenated alkanes) is 1. The summed E-state index contributed by atoms with van der Waals surface area (Å²) in [6, 6.07) is 6.15. The lowest BCUT2D eigenvalue weighted by atomic mass is 9.94. The van der Waals surface area contributed by atoms with Crippen molar-refractivity contribution >= 4 is 23.6 Å². The molecule has 0 spiro atoms. The fourth-order valence-electron chi connectivity index (χ4n) is 3.97. The van der Waals surface area contributed by atoms with E-state index in [-0.39, 0.29) is 24.9 Å². The predicted molar refractivity (Wildman–Crippen MR) is 138 cm³/mol. The van der Waals surface area contributed by atoms with Gasteiger partial charge in [-0.3, -0.25) is 19.2 Å². The maximum Gasteiger partial charge on any atom is 0.243 e. The number of hydrogen-bond acceptors (Lipinski definition) is 5. The number of benzene rings is 1. The van der Waals surface area contributed by atoms with Crippen molar-refractivity contribution in [3.63, 3.8) is 0 Å². The van der Waals surface area contributed by atoms with Gasteiger partial charge in [0.1, 0.15) is 18.1 Å². The molecule has 1 aliphatic heterocycles. The third-order valence-electron chi connectivity index (χ3n) is 6.34. The minimum atomic E-state index is -0.898. The van der Waals surface area contributed by atoms with E-state index in [1.54, 1.807) is 13.8 Å². The lowest BCUT2D eigenvalue weighted by Gasteiger charge is -2.28. The Balaban J connectivity index is 2.38. The van der Waals surface area contributed by atoms with E-state index < -0.39 is 47.8 Å². The maximum atomic E-state index is 13.4. The molecule has 9 heteroatoms. The SMILES string of the molecule is CC(C)[C@H]1NC(=O)[C@@H](C)[C@@H](C/C=C\CCCO)NC(=O)[C@@H](Cc2ccccc2)NC(=O)[C@@H](C)NC1=O. The molecule has 0 bridgehead atoms. The molecule has 5 atom stereocenters. The van der Waals surface area contributed by atoms with E-state index in [1.165, 1.54) is 0 Å². The third-order valence-corrected chi connectivity index (χ3v) is 6.34. The molecular formula is C27H40N4O5. The first-order chi connectivity index (χ1) is 17.1. The van der Waals surface area contributed by atoms with Gasteiger partial charge < -0.3 is 26.4 Å². The molecule has 5 N–H and O–H groups in total. The Morgan fingerprint density at radius 3 is 2.19 bits per heavy atom. The number of allylic oxidation sites excluding steroid dienone is 1. The molecular weight excluding hydrogens is 460 g/mol. The van der Waals surface area contributed by atoms with E-state index >= 15 is 0 Å². The zero-order valence-electron chi connectivity index (χ0n) is 21.6. The van der Waals surface area contributed by atoms with E-state index in [0.29, 0.717) is 19.3 Å². The number of hydrogen-bond donors (Lipinski definition) is 5. The summed E-state index contributed by atoms with van der Waals surface area (Å²) in [5.74, 6) is -2.55. The molecule has 2 rings (SSSR count). The van der Waals surface area contributed by atoms with Gasteiger partial charge in [-0.05, 0) is 37.7 Å². The van der Waals surface area contributed by atoms with Crippen LogP contribution in [-0.4, -0.2) is 59.5 Å². The molecule has 0 unspecified atom stereocenters. The van der Waals surface area contributed by atoms with Crippen LogP contribution < -0.4 is 21.3 Å². The fraction of sp³-hybridized carbons (Fsp3) is 0.556. The van der Waals surface area contributed by atoms with Crippen LogP contribution in [0.5, 0.6) is 0 Å². The fourth-order valence-corrected chi connectivity index (χ4v) is 3.97. The first-order valence-electron chi connectivity index (χ1n) is 12.6. The van der Waals surface area contributed by atoms with Gasteiger partial charge in [-0.2, -0.15) is 0 Å². The topological polar surface area (TPSA) is 137 Å². The minimum Gasteiger partial charge on any atom is -0.396 e. The van der Waals surface area contributed by atoms with Crippen molar-refractivity contribution in [1.82, 2.24) is 21.3 Å². The zero-order valence-corrected chi connectivity index (χ0v) is 21.6. The van der Waals surface area contributed by atoms with Crippen LogP contribution in [0, 0.1) is 11.8 Å². The smallest absolute Gasteiger partial charge is 0.243 e. The Morgan fingerprint density at radius 1 is 0.861 bits per heavy atom. The van der Waals surface area contributed by atoms with E-state index in [2.05, 4.69) is 21.3 Å². The summed E-state index contributed by atoms with van der Waals surface area (Å²) < 4.78 is 0. The average molecular weight is 501 g/mol. The van der Waals surface area contributed by atoms with Crippen LogP contribution in [0.2, 0.25) is 0 Å². The van der Waals surface area contributed by atoms with E-state index in [9.17, 15) is 19.2 Å². The Morgan fingerprint density at radius 2 is 1.56 bits per heavy atom. The second kappa shape index (κ2) is 14.4. The standard InChI is InChI=1S/C27H40N4O5/c1-17(2)23-27(36)28-19(4)25(34)30-22(16-20-12-8-7-9-13-20)26(35)29-21(18(3)24(33)31-23)14-10-5-6-11-15-32/h5,7-10,12-13,17-19,21-23,32H,6,11,14-16H2,1-4H3,(H,28,36)(H,29,35)(H,30,34)(H,31,33)/b10-5-/t18-,19+,21+,22+,23+/m0/s1. The largest absolute Gasteiger partial charge is 0.396 e. The molecule has 198 valence electrons. The van der Waals surface area contributed by atoms with Crippen molar-refractivity contribution in [2.24, 2.45) is 11.8 Å². The summed E-state index contributed by atoms with van der Waals surface area (Å²) in [5.41, 5.74) is 0.866. The molecule has 36 heavy (non-hydrogen) atoms. The number of aliphatic hydroxyl groups excluding tert-OH is 1. The second-order valence-electron chi connectivity index (χ2n) is 9.69. The molecule has 1 aromatic carbocycles. The highest BCUT2D eigenvalue weighted by molar-refractivity contribution is 5.95. The van der Waals surface area contributed by atoms with Gasteiger partial charge in [-0.25, -0.2) is 0 Å². The number of nitrogens with one attached hydrogen (secondary N) is 4. The number of rotatable bonds is 8. The van der Waals surface area contributed by atoms with Gasteiger partial charge in [-0.15, -0.1) is 0 Å². The molecule has 0 radical (unpaired) electrons. The van der Waals surface area contributed by atoms with Gasteiger partial charge in [0.05, 0.1) is 5.92 Å². The predicted octanol–water partition coefficient (Wildman–Crippen LogP) is 1.21. The highest BCUT2D eigenvalue weighted by Gasteiger charge is 2.34. The molecule has 1 saturated heterocycles. The first kappa shape index (κ1) is 29.0. The van der Waals surface area contributed by atoms with Crippen LogP contribution in [0.15, 0.2) is 42.5 Å². The minimum absolute atomic E-state index is 0.0846. The quantitative estimate of drug-likeness (QED) is 0.270. The summed E-state index contributed by atoms with van der Waals surface area (Å²) in [6.07, 6.45) is 5.72. The van der Waals surface area contributed by atoms with Crippen LogP contribution in [0.1, 0.15) is 52.5 Å². The molecule has 0 aromatic heterocycles. The van der Waals surface area contributed by atoms with E-state index in [0.717, 1.165) is 5.56 Å². The number of aliphatic hydroxyl groups is 1. The second-order valence-corrected chi connectivity index (χ2v) is 9.69. The Labute approximate surface area is 213 Å². The molecule has 0 aliphatic carbocycles. The monoisotopic (exact) mass is 500 g/mol. The zero-order chi connectivity index (χ0) is 26.7. The van der Waals surface area contributed by atoms with Crippen molar-refractivity contribution in [3.8, 4) is 0 Å². The van der Waals surface area contributed by atoms with Gasteiger partial charge in [0.2, 0.25) is 23.6 Å². The Hall–Kier alpha value is -3.20. The maximum absolute atomic E-state index is 13.4. The van der Waals surface area contributed by atoms with Gasteiger partial charge >= 0.3 is 0 Å². The summed E-state index contributed by atoms with van der Waals surface area (Å²) in [6.45, 7) is 6.98. The normalized spacial score (nSPS) is 26.3. The summed E-state index contributed by atoms with van der Waals surface area (Å²) in [4.78, 5) is 52.4. The van der Waals surface area contributed by atoms with Crippen molar-refractivity contribution in [3.05, 3.63) is 48.0 Å². The number of amides is 4. The van der Waals surface area contributed by atoms with Crippen molar-refractivity contribution in [2.75, 3.05) is 6.61 Å². The lowest BCUT2D eigenvalue weighted by Crippen LogP contribution is -2.56. The van der Waals surface area contributed by atoms with Crippen LogP contribution in [0.4, 0.5) is 0 Å². The summed E-state index contributed by atoms with van der Waals surface area (Å²) in [7, 11) is 0. The molecule has 4 amide bonds. The van der Waals surface area contributed by atoms with Crippen LogP contribution in [0.25, 0.3) is 0 Å². The molecule has 9 nitrogen and oxygen atoms in total. The van der Waals surface area contributed by atoms with Crippen LogP contribution in [0.3, 0.4) is 0 Å². The molecule has 0 saturated carbocycles. The third kappa shape index (κ3) is 8.78. The number of carbonyl (C=O) groups excluding carboxylic acids is 4. The van der Waals surface area contributed by atoms with Gasteiger partial charge in [0, 0.05) is 19.1 Å². The highest BCUT2D eigenvalue weighted by atomic mass is 16.3. The molecule has 1 aromatic rings. The molecule has 1 fully saturated rings. The number of carbonyl (C=O) groups is 4.